The molecule has 0 aliphatic carbocycles. The van der Waals surface area contributed by atoms with Crippen LogP contribution in [0.3, 0.4) is 0 Å². The molecule has 23 heavy (non-hydrogen) atoms. The van der Waals surface area contributed by atoms with Gasteiger partial charge < -0.3 is 10.6 Å². The molecule has 0 spiro atoms. The van der Waals surface area contributed by atoms with E-state index in [1.807, 2.05) is 31.2 Å². The third kappa shape index (κ3) is 4.93. The summed E-state index contributed by atoms with van der Waals surface area (Å²) < 4.78 is 0. The number of carbonyl (C=O) groups is 1. The van der Waals surface area contributed by atoms with E-state index in [0.29, 0.717) is 12.1 Å². The number of H-pyrrole nitrogens is 1. The number of allylic oxidation sites excluding steroid dienone is 1. The summed E-state index contributed by atoms with van der Waals surface area (Å²) in [5, 5.41) is 28.1. The van der Waals surface area contributed by atoms with E-state index in [1.165, 1.54) is 6.20 Å². The van der Waals surface area contributed by atoms with Gasteiger partial charge in [0, 0.05) is 24.0 Å². The number of unbranched alkanes of at least 4 members (excludes halogenated alkanes) is 1. The molecule has 0 fully saturated rings. The number of hydrogen-bond donors (Lipinski definition) is 3. The van der Waals surface area contributed by atoms with E-state index in [9.17, 15) is 4.79 Å². The van der Waals surface area contributed by atoms with Gasteiger partial charge in [0.2, 0.25) is 11.7 Å². The Hall–Kier alpha value is -3.21. The van der Waals surface area contributed by atoms with Crippen molar-refractivity contribution in [1.82, 2.24) is 20.6 Å². The average molecular weight is 311 g/mol. The minimum atomic E-state index is -0.0101. The molecule has 0 radical (unpaired) electrons. The van der Waals surface area contributed by atoms with Crippen molar-refractivity contribution in [1.29, 1.82) is 5.26 Å². The summed E-state index contributed by atoms with van der Waals surface area (Å²) in [5.74, 6) is 0.202. The average Bonchev–Trinajstić information content (AvgIpc) is 3.08. The number of aromatic nitrogens is 4. The molecule has 3 N–H and O–H groups in total. The molecule has 8 heteroatoms. The van der Waals surface area contributed by atoms with Crippen LogP contribution >= 0.6 is 0 Å². The Kier molecular flexibility index (Phi) is 5.82. The monoisotopic (exact) mass is 311 g/mol. The Morgan fingerprint density at radius 3 is 2.96 bits per heavy atom. The molecule has 0 unspecified atom stereocenters. The first-order chi connectivity index (χ1) is 11.2. The fourth-order valence-electron chi connectivity index (χ4n) is 1.83. The van der Waals surface area contributed by atoms with Crippen LogP contribution in [0.25, 0.3) is 5.57 Å². The number of anilines is 2. The van der Waals surface area contributed by atoms with Crippen molar-refractivity contribution in [3.8, 4) is 6.07 Å². The van der Waals surface area contributed by atoms with Gasteiger partial charge in [0.1, 0.15) is 11.6 Å². The maximum atomic E-state index is 11.7. The van der Waals surface area contributed by atoms with E-state index >= 15 is 0 Å². The fraction of sp³-hybridized carbons (Fsp3) is 0.267. The highest BCUT2D eigenvalue weighted by Gasteiger charge is 2.06. The van der Waals surface area contributed by atoms with Crippen LogP contribution in [0.15, 0.2) is 30.5 Å². The lowest BCUT2D eigenvalue weighted by molar-refractivity contribution is -0.116. The molecule has 1 aromatic carbocycles. The number of carbonyl (C=O) groups excluding carboxylic acids is 1. The van der Waals surface area contributed by atoms with E-state index in [1.54, 1.807) is 6.07 Å². The third-order valence-corrected chi connectivity index (χ3v) is 2.99. The summed E-state index contributed by atoms with van der Waals surface area (Å²) in [6, 6.07) is 9.21. The number of tetrazole rings is 1. The lowest BCUT2D eigenvalue weighted by atomic mass is 10.2. The van der Waals surface area contributed by atoms with Gasteiger partial charge in [-0.25, -0.2) is 0 Å². The molecule has 0 saturated carbocycles. The number of nitrogens with zero attached hydrogens (tertiary/aromatic N) is 4. The molecular weight excluding hydrogens is 294 g/mol. The number of aromatic amines is 1. The molecule has 0 aliphatic rings. The molecule has 1 aromatic heterocycles. The lowest BCUT2D eigenvalue weighted by Crippen LogP contribution is -2.10. The second-order valence-electron chi connectivity index (χ2n) is 4.78. The van der Waals surface area contributed by atoms with Gasteiger partial charge >= 0.3 is 0 Å². The molecule has 0 aliphatic heterocycles. The van der Waals surface area contributed by atoms with Gasteiger partial charge in [-0.2, -0.15) is 10.5 Å². The quantitative estimate of drug-likeness (QED) is 0.675. The second kappa shape index (κ2) is 8.29. The van der Waals surface area contributed by atoms with Gasteiger partial charge in [-0.3, -0.25) is 4.79 Å². The SMILES string of the molecule is CCCCC(=O)Nc1cccc(NC=C(C#N)c2nn[nH]n2)c1. The summed E-state index contributed by atoms with van der Waals surface area (Å²) in [4.78, 5) is 11.7. The topological polar surface area (TPSA) is 119 Å². The predicted octanol–water partition coefficient (Wildman–Crippen LogP) is 2.30. The highest BCUT2D eigenvalue weighted by Crippen LogP contribution is 2.17. The minimum Gasteiger partial charge on any atom is -0.360 e. The summed E-state index contributed by atoms with van der Waals surface area (Å²) in [5.41, 5.74) is 1.67. The number of nitrogens with one attached hydrogen (secondary N) is 3. The van der Waals surface area contributed by atoms with Gasteiger partial charge in [-0.05, 0) is 29.8 Å². The highest BCUT2D eigenvalue weighted by molar-refractivity contribution is 5.91. The molecule has 2 rings (SSSR count). The van der Waals surface area contributed by atoms with Gasteiger partial charge in [0.05, 0.1) is 0 Å². The van der Waals surface area contributed by atoms with Gasteiger partial charge in [0.15, 0.2) is 0 Å². The van der Waals surface area contributed by atoms with Crippen LogP contribution in [-0.2, 0) is 4.79 Å². The molecule has 1 heterocycles. The van der Waals surface area contributed by atoms with E-state index in [4.69, 9.17) is 5.26 Å². The predicted molar refractivity (Wildman–Crippen MR) is 86.0 cm³/mol. The molecule has 0 saturated heterocycles. The first kappa shape index (κ1) is 16.2. The first-order valence-corrected chi connectivity index (χ1v) is 7.23. The Bertz CT molecular complexity index is 716. The highest BCUT2D eigenvalue weighted by atomic mass is 16.1. The first-order valence-electron chi connectivity index (χ1n) is 7.23. The lowest BCUT2D eigenvalue weighted by Gasteiger charge is -2.07. The van der Waals surface area contributed by atoms with Crippen molar-refractivity contribution in [3.63, 3.8) is 0 Å². The largest absolute Gasteiger partial charge is 0.360 e. The van der Waals surface area contributed by atoms with Crippen molar-refractivity contribution in [3.05, 3.63) is 36.3 Å². The van der Waals surface area contributed by atoms with Gasteiger partial charge in [-0.15, -0.1) is 10.2 Å². The Morgan fingerprint density at radius 1 is 1.43 bits per heavy atom. The van der Waals surface area contributed by atoms with Crippen LogP contribution in [0, 0.1) is 11.3 Å². The summed E-state index contributed by atoms with van der Waals surface area (Å²) in [6.45, 7) is 2.04. The normalized spacial score (nSPS) is 10.9. The zero-order valence-corrected chi connectivity index (χ0v) is 12.7. The molecule has 0 atom stereocenters. The number of rotatable bonds is 7. The van der Waals surface area contributed by atoms with Crippen LogP contribution in [0.4, 0.5) is 11.4 Å². The smallest absolute Gasteiger partial charge is 0.224 e. The van der Waals surface area contributed by atoms with E-state index in [0.717, 1.165) is 18.5 Å². The Morgan fingerprint density at radius 2 is 2.26 bits per heavy atom. The van der Waals surface area contributed by atoms with E-state index in [2.05, 4.69) is 31.3 Å². The van der Waals surface area contributed by atoms with Crippen LogP contribution in [0.1, 0.15) is 32.0 Å². The van der Waals surface area contributed by atoms with Crippen molar-refractivity contribution in [2.75, 3.05) is 10.6 Å². The summed E-state index contributed by atoms with van der Waals surface area (Å²) >= 11 is 0. The van der Waals surface area contributed by atoms with Crippen LogP contribution in [-0.4, -0.2) is 26.5 Å². The molecule has 8 nitrogen and oxygen atoms in total. The number of hydrogen-bond acceptors (Lipinski definition) is 6. The third-order valence-electron chi connectivity index (χ3n) is 2.99. The van der Waals surface area contributed by atoms with E-state index in [-0.39, 0.29) is 17.3 Å². The molecule has 2 aromatic rings. The van der Waals surface area contributed by atoms with Crippen molar-refractivity contribution >= 4 is 22.9 Å². The number of amides is 1. The van der Waals surface area contributed by atoms with Crippen molar-refractivity contribution in [2.45, 2.75) is 26.2 Å². The van der Waals surface area contributed by atoms with Gasteiger partial charge in [-0.1, -0.05) is 19.4 Å². The molecule has 1 amide bonds. The fourth-order valence-corrected chi connectivity index (χ4v) is 1.83. The summed E-state index contributed by atoms with van der Waals surface area (Å²) in [6.07, 6.45) is 3.84. The molecular formula is C15H17N7O. The van der Waals surface area contributed by atoms with Crippen LogP contribution in [0.2, 0.25) is 0 Å². The number of benzene rings is 1. The maximum absolute atomic E-state index is 11.7. The molecule has 0 bridgehead atoms. The zero-order valence-electron chi connectivity index (χ0n) is 12.7. The minimum absolute atomic E-state index is 0.0101. The number of nitriles is 1. The van der Waals surface area contributed by atoms with E-state index < -0.39 is 0 Å². The van der Waals surface area contributed by atoms with Crippen LogP contribution < -0.4 is 10.6 Å². The molecule has 118 valence electrons. The second-order valence-corrected chi connectivity index (χ2v) is 4.78. The Labute approximate surface area is 133 Å². The van der Waals surface area contributed by atoms with Crippen LogP contribution in [0.5, 0.6) is 0 Å². The Balaban J connectivity index is 2.02. The maximum Gasteiger partial charge on any atom is 0.224 e. The van der Waals surface area contributed by atoms with Gasteiger partial charge in [0.25, 0.3) is 0 Å². The summed E-state index contributed by atoms with van der Waals surface area (Å²) in [7, 11) is 0. The zero-order chi connectivity index (χ0) is 16.5. The van der Waals surface area contributed by atoms with Crippen molar-refractivity contribution in [2.24, 2.45) is 0 Å². The van der Waals surface area contributed by atoms with Crippen molar-refractivity contribution < 1.29 is 4.79 Å². The standard InChI is InChI=1S/C15H17N7O/c1-2-3-7-14(23)18-13-6-4-5-12(8-13)17-10-11(9-16)15-19-21-22-20-15/h4-6,8,10,17H,2-3,7H2,1H3,(H,18,23)(H,19,20,21,22).